The number of anilines is 1. The second-order valence-electron chi connectivity index (χ2n) is 8.41. The molecule has 178 valence electrons. The lowest BCUT2D eigenvalue weighted by Gasteiger charge is -2.33. The summed E-state index contributed by atoms with van der Waals surface area (Å²) in [6.45, 7) is 1.91. The van der Waals surface area contributed by atoms with E-state index in [1.807, 2.05) is 31.2 Å². The van der Waals surface area contributed by atoms with Crippen molar-refractivity contribution in [3.63, 3.8) is 0 Å². The zero-order valence-corrected chi connectivity index (χ0v) is 19.7. The number of methoxy groups -OCH3 is 2. The van der Waals surface area contributed by atoms with Gasteiger partial charge in [0.25, 0.3) is 5.91 Å². The van der Waals surface area contributed by atoms with Crippen LogP contribution in [0.2, 0.25) is 0 Å². The summed E-state index contributed by atoms with van der Waals surface area (Å²) < 4.78 is 16.7. The standard InChI is InChI=1S/C27H30N2O5/c1-18-10-4-7-14-21(18)29(27(31)23-16-9-17-34-23)24(26(30)28-19-11-5-6-12-19)20-13-8-15-22(32-2)25(20)33-3/h4,7-10,13-17,19,24H,5-6,11-12H2,1-3H3,(H,28,30)/t24-/m0/s1. The van der Waals surface area contributed by atoms with E-state index in [4.69, 9.17) is 13.9 Å². The number of nitrogens with zero attached hydrogens (tertiary/aromatic N) is 1. The summed E-state index contributed by atoms with van der Waals surface area (Å²) in [5.41, 5.74) is 1.99. The van der Waals surface area contributed by atoms with Gasteiger partial charge in [0.15, 0.2) is 17.3 Å². The molecule has 0 unspecified atom stereocenters. The van der Waals surface area contributed by atoms with Crippen molar-refractivity contribution in [2.24, 2.45) is 0 Å². The molecule has 7 nitrogen and oxygen atoms in total. The fourth-order valence-corrected chi connectivity index (χ4v) is 4.59. The maximum Gasteiger partial charge on any atom is 0.294 e. The first-order valence-electron chi connectivity index (χ1n) is 11.5. The zero-order valence-electron chi connectivity index (χ0n) is 19.7. The van der Waals surface area contributed by atoms with Crippen LogP contribution in [0, 0.1) is 6.92 Å². The Kier molecular flexibility index (Phi) is 7.21. The highest BCUT2D eigenvalue weighted by Gasteiger charge is 2.38. The number of ether oxygens (including phenoxy) is 2. The van der Waals surface area contributed by atoms with Crippen molar-refractivity contribution in [1.29, 1.82) is 0 Å². The monoisotopic (exact) mass is 462 g/mol. The predicted octanol–water partition coefficient (Wildman–Crippen LogP) is 5.05. The molecule has 0 spiro atoms. The van der Waals surface area contributed by atoms with Gasteiger partial charge in [-0.2, -0.15) is 0 Å². The lowest BCUT2D eigenvalue weighted by Crippen LogP contribution is -2.46. The lowest BCUT2D eigenvalue weighted by molar-refractivity contribution is -0.123. The molecule has 1 aromatic heterocycles. The van der Waals surface area contributed by atoms with Crippen LogP contribution in [0.25, 0.3) is 0 Å². The lowest BCUT2D eigenvalue weighted by atomic mass is 9.99. The van der Waals surface area contributed by atoms with E-state index >= 15 is 0 Å². The second kappa shape index (κ2) is 10.5. The molecule has 0 aliphatic heterocycles. The van der Waals surface area contributed by atoms with Crippen LogP contribution in [0.15, 0.2) is 65.3 Å². The first-order chi connectivity index (χ1) is 16.5. The van der Waals surface area contributed by atoms with Crippen LogP contribution in [-0.4, -0.2) is 32.1 Å². The Balaban J connectivity index is 1.90. The van der Waals surface area contributed by atoms with Gasteiger partial charge in [0.1, 0.15) is 6.04 Å². The number of para-hydroxylation sites is 2. The number of benzene rings is 2. The number of hydrogen-bond donors (Lipinski definition) is 1. The summed E-state index contributed by atoms with van der Waals surface area (Å²) in [5.74, 6) is 0.331. The highest BCUT2D eigenvalue weighted by atomic mass is 16.5. The molecule has 1 atom stereocenters. The first kappa shape index (κ1) is 23.4. The molecule has 4 rings (SSSR count). The summed E-state index contributed by atoms with van der Waals surface area (Å²) in [6.07, 6.45) is 5.44. The number of furan rings is 1. The number of hydrogen-bond acceptors (Lipinski definition) is 5. The SMILES string of the molecule is COc1cccc([C@@H](C(=O)NC2CCCC2)N(C(=O)c2ccco2)c2ccccc2C)c1OC. The third kappa shape index (κ3) is 4.64. The predicted molar refractivity (Wildman–Crippen MR) is 129 cm³/mol. The molecular formula is C27H30N2O5. The van der Waals surface area contributed by atoms with E-state index in [0.717, 1.165) is 31.2 Å². The molecule has 34 heavy (non-hydrogen) atoms. The highest BCUT2D eigenvalue weighted by molar-refractivity contribution is 6.09. The minimum Gasteiger partial charge on any atom is -0.493 e. The van der Waals surface area contributed by atoms with Gasteiger partial charge in [0.2, 0.25) is 5.91 Å². The number of carbonyl (C=O) groups is 2. The Hall–Kier alpha value is -3.74. The molecule has 2 aromatic carbocycles. The summed E-state index contributed by atoms with van der Waals surface area (Å²) in [7, 11) is 3.07. The number of nitrogens with one attached hydrogen (secondary N) is 1. The molecule has 0 bridgehead atoms. The maximum absolute atomic E-state index is 13.9. The largest absolute Gasteiger partial charge is 0.493 e. The molecule has 1 fully saturated rings. The third-order valence-corrected chi connectivity index (χ3v) is 6.26. The number of amides is 2. The van der Waals surface area contributed by atoms with E-state index in [-0.39, 0.29) is 17.7 Å². The van der Waals surface area contributed by atoms with Gasteiger partial charge in [-0.05, 0) is 49.6 Å². The molecule has 1 N–H and O–H groups in total. The normalized spacial score (nSPS) is 14.4. The van der Waals surface area contributed by atoms with Crippen LogP contribution in [0.1, 0.15) is 53.4 Å². The number of carbonyl (C=O) groups excluding carboxylic acids is 2. The Morgan fingerprint density at radius 3 is 2.41 bits per heavy atom. The quantitative estimate of drug-likeness (QED) is 0.507. The van der Waals surface area contributed by atoms with Gasteiger partial charge >= 0.3 is 0 Å². The van der Waals surface area contributed by atoms with Crippen LogP contribution in [0.5, 0.6) is 11.5 Å². The van der Waals surface area contributed by atoms with Crippen LogP contribution in [0.4, 0.5) is 5.69 Å². The molecule has 1 saturated carbocycles. The molecule has 0 radical (unpaired) electrons. The van der Waals surface area contributed by atoms with Gasteiger partial charge in [-0.1, -0.05) is 43.2 Å². The van der Waals surface area contributed by atoms with Crippen LogP contribution >= 0.6 is 0 Å². The summed E-state index contributed by atoms with van der Waals surface area (Å²) in [4.78, 5) is 29.3. The smallest absolute Gasteiger partial charge is 0.294 e. The fourth-order valence-electron chi connectivity index (χ4n) is 4.59. The minimum atomic E-state index is -1.01. The van der Waals surface area contributed by atoms with Gasteiger partial charge in [0, 0.05) is 17.3 Å². The van der Waals surface area contributed by atoms with Crippen LogP contribution in [-0.2, 0) is 4.79 Å². The molecule has 1 aliphatic rings. The maximum atomic E-state index is 13.9. The van der Waals surface area contributed by atoms with E-state index < -0.39 is 11.9 Å². The van der Waals surface area contributed by atoms with Crippen molar-refractivity contribution in [3.05, 3.63) is 77.7 Å². The summed E-state index contributed by atoms with van der Waals surface area (Å²) in [6, 6.07) is 15.2. The Morgan fingerprint density at radius 2 is 1.76 bits per heavy atom. The molecule has 1 aliphatic carbocycles. The molecule has 3 aromatic rings. The number of aryl methyl sites for hydroxylation is 1. The average Bonchev–Trinajstić information content (AvgIpc) is 3.57. The molecule has 1 heterocycles. The molecule has 0 saturated heterocycles. The van der Waals surface area contributed by atoms with E-state index in [1.54, 1.807) is 37.4 Å². The van der Waals surface area contributed by atoms with Crippen molar-refractivity contribution in [1.82, 2.24) is 5.32 Å². The molecular weight excluding hydrogens is 432 g/mol. The van der Waals surface area contributed by atoms with E-state index in [9.17, 15) is 9.59 Å². The van der Waals surface area contributed by atoms with Crippen molar-refractivity contribution in [3.8, 4) is 11.5 Å². The fraction of sp³-hybridized carbons (Fsp3) is 0.333. The van der Waals surface area contributed by atoms with Gasteiger partial charge < -0.3 is 19.2 Å². The summed E-state index contributed by atoms with van der Waals surface area (Å²) in [5, 5.41) is 3.18. The Bertz CT molecular complexity index is 1140. The van der Waals surface area contributed by atoms with Crippen LogP contribution in [0.3, 0.4) is 0 Å². The van der Waals surface area contributed by atoms with E-state index in [2.05, 4.69) is 5.32 Å². The van der Waals surface area contributed by atoms with Crippen molar-refractivity contribution < 1.29 is 23.5 Å². The van der Waals surface area contributed by atoms with Gasteiger partial charge in [-0.3, -0.25) is 14.5 Å². The van der Waals surface area contributed by atoms with Gasteiger partial charge in [0.05, 0.1) is 20.5 Å². The second-order valence-corrected chi connectivity index (χ2v) is 8.41. The minimum absolute atomic E-state index is 0.0732. The first-order valence-corrected chi connectivity index (χ1v) is 11.5. The van der Waals surface area contributed by atoms with Crippen molar-refractivity contribution >= 4 is 17.5 Å². The number of rotatable bonds is 8. The van der Waals surface area contributed by atoms with Gasteiger partial charge in [-0.25, -0.2) is 0 Å². The van der Waals surface area contributed by atoms with Crippen molar-refractivity contribution in [2.45, 2.75) is 44.7 Å². The summed E-state index contributed by atoms with van der Waals surface area (Å²) >= 11 is 0. The molecule has 2 amide bonds. The zero-order chi connectivity index (χ0) is 24.1. The molecule has 7 heteroatoms. The van der Waals surface area contributed by atoms with Gasteiger partial charge in [-0.15, -0.1) is 0 Å². The van der Waals surface area contributed by atoms with Crippen LogP contribution < -0.4 is 19.7 Å². The highest BCUT2D eigenvalue weighted by Crippen LogP contribution is 2.40. The Labute approximate surface area is 199 Å². The van der Waals surface area contributed by atoms with E-state index in [1.165, 1.54) is 18.3 Å². The van der Waals surface area contributed by atoms with Crippen molar-refractivity contribution in [2.75, 3.05) is 19.1 Å². The van der Waals surface area contributed by atoms with E-state index in [0.29, 0.717) is 22.7 Å². The average molecular weight is 463 g/mol. The third-order valence-electron chi connectivity index (χ3n) is 6.26. The topological polar surface area (TPSA) is 81.0 Å². The Morgan fingerprint density at radius 1 is 1.00 bits per heavy atom.